The minimum atomic E-state index is 0.261. The third-order valence-electron chi connectivity index (χ3n) is 3.50. The summed E-state index contributed by atoms with van der Waals surface area (Å²) in [5, 5.41) is 3.37. The van der Waals surface area contributed by atoms with E-state index in [0.29, 0.717) is 17.7 Å². The second-order valence-corrected chi connectivity index (χ2v) is 4.27. The second-order valence-electron chi connectivity index (χ2n) is 4.27. The van der Waals surface area contributed by atoms with Gasteiger partial charge in [-0.15, -0.1) is 0 Å². The number of hydrogen-bond acceptors (Lipinski definition) is 2. The summed E-state index contributed by atoms with van der Waals surface area (Å²) in [7, 11) is 0. The van der Waals surface area contributed by atoms with Crippen molar-refractivity contribution in [1.29, 1.82) is 0 Å². The second kappa shape index (κ2) is 2.92. The Morgan fingerprint density at radius 1 is 1.29 bits per heavy atom. The Kier molecular flexibility index (Phi) is 1.71. The van der Waals surface area contributed by atoms with E-state index in [4.69, 9.17) is 0 Å². The summed E-state index contributed by atoms with van der Waals surface area (Å²) in [6.45, 7) is 1.04. The van der Waals surface area contributed by atoms with Crippen LogP contribution in [0.4, 0.5) is 0 Å². The first kappa shape index (κ1) is 8.18. The molecule has 2 heterocycles. The summed E-state index contributed by atoms with van der Waals surface area (Å²) in [4.78, 5) is 12.0. The Bertz CT molecular complexity index is 346. The Morgan fingerprint density at radius 3 is 2.64 bits per heavy atom. The number of carbonyl (C=O) groups excluding carboxylic acids is 1. The lowest BCUT2D eigenvalue weighted by atomic mass is 9.70. The smallest absolute Gasteiger partial charge is 0.167 e. The van der Waals surface area contributed by atoms with Gasteiger partial charge < -0.3 is 5.32 Å². The first-order valence-corrected chi connectivity index (χ1v) is 5.19. The van der Waals surface area contributed by atoms with Crippen LogP contribution in [0, 0.1) is 11.8 Å². The van der Waals surface area contributed by atoms with Gasteiger partial charge in [0, 0.05) is 17.5 Å². The lowest BCUT2D eigenvalue weighted by Gasteiger charge is -2.33. The molecule has 1 saturated carbocycles. The molecule has 3 unspecified atom stereocenters. The fourth-order valence-corrected chi connectivity index (χ4v) is 2.67. The van der Waals surface area contributed by atoms with E-state index < -0.39 is 0 Å². The molecular formula is C12H13NO. The third kappa shape index (κ3) is 1.04. The molecule has 0 radical (unpaired) electrons. The zero-order valence-electron chi connectivity index (χ0n) is 7.94. The van der Waals surface area contributed by atoms with E-state index in [2.05, 4.69) is 5.32 Å². The van der Waals surface area contributed by atoms with Crippen molar-refractivity contribution in [3.05, 3.63) is 35.9 Å². The molecule has 2 bridgehead atoms. The summed E-state index contributed by atoms with van der Waals surface area (Å²) in [6, 6.07) is 10.1. The molecular weight excluding hydrogens is 174 g/mol. The lowest BCUT2D eigenvalue weighted by Crippen LogP contribution is -2.42. The van der Waals surface area contributed by atoms with E-state index in [1.807, 2.05) is 30.3 Å². The van der Waals surface area contributed by atoms with Crippen LogP contribution in [-0.2, 0) is 0 Å². The van der Waals surface area contributed by atoms with Crippen LogP contribution in [0.3, 0.4) is 0 Å². The van der Waals surface area contributed by atoms with Crippen molar-refractivity contribution in [3.63, 3.8) is 0 Å². The molecule has 0 amide bonds. The molecule has 0 spiro atoms. The molecule has 1 aromatic rings. The molecule has 2 saturated heterocycles. The highest BCUT2D eigenvalue weighted by atomic mass is 16.1. The number of Topliss-reactive ketones (excluding diaryl/α,β-unsaturated/α-hetero) is 1. The van der Waals surface area contributed by atoms with Gasteiger partial charge >= 0.3 is 0 Å². The standard InChI is InChI=1S/C12H13NO/c14-12(8-4-2-1-3-5-8)11-9-6-10(11)13-7-9/h1-5,9-11,13H,6-7H2. The van der Waals surface area contributed by atoms with Crippen LogP contribution in [0.5, 0.6) is 0 Å². The maximum atomic E-state index is 12.0. The van der Waals surface area contributed by atoms with Crippen LogP contribution in [0.15, 0.2) is 30.3 Å². The zero-order valence-corrected chi connectivity index (χ0v) is 7.94. The monoisotopic (exact) mass is 187 g/mol. The highest BCUT2D eigenvalue weighted by molar-refractivity contribution is 5.99. The van der Waals surface area contributed by atoms with Gasteiger partial charge in [0.25, 0.3) is 0 Å². The molecule has 14 heavy (non-hydrogen) atoms. The first-order chi connectivity index (χ1) is 6.86. The van der Waals surface area contributed by atoms with Crippen molar-refractivity contribution < 1.29 is 4.79 Å². The topological polar surface area (TPSA) is 29.1 Å². The fraction of sp³-hybridized carbons (Fsp3) is 0.417. The van der Waals surface area contributed by atoms with Crippen LogP contribution in [0.2, 0.25) is 0 Å². The van der Waals surface area contributed by atoms with Gasteiger partial charge in [-0.2, -0.15) is 0 Å². The van der Waals surface area contributed by atoms with Gasteiger partial charge in [-0.3, -0.25) is 4.79 Å². The molecule has 1 aliphatic carbocycles. The molecule has 2 heteroatoms. The Morgan fingerprint density at radius 2 is 2.07 bits per heavy atom. The minimum absolute atomic E-state index is 0.261. The van der Waals surface area contributed by atoms with Gasteiger partial charge in [-0.05, 0) is 18.9 Å². The Hall–Kier alpha value is -1.15. The Labute approximate surface area is 83.3 Å². The van der Waals surface area contributed by atoms with Gasteiger partial charge in [-0.25, -0.2) is 0 Å². The van der Waals surface area contributed by atoms with E-state index in [0.717, 1.165) is 12.1 Å². The Balaban J connectivity index is 1.84. The van der Waals surface area contributed by atoms with E-state index in [1.165, 1.54) is 6.42 Å². The SMILES string of the molecule is O=C(c1ccccc1)C1C2CNC1C2. The van der Waals surface area contributed by atoms with Crippen LogP contribution >= 0.6 is 0 Å². The van der Waals surface area contributed by atoms with Crippen molar-refractivity contribution in [2.45, 2.75) is 12.5 Å². The van der Waals surface area contributed by atoms with Gasteiger partial charge in [0.1, 0.15) is 0 Å². The molecule has 3 fully saturated rings. The van der Waals surface area contributed by atoms with Crippen molar-refractivity contribution in [2.75, 3.05) is 6.54 Å². The molecule has 2 nitrogen and oxygen atoms in total. The molecule has 1 N–H and O–H groups in total. The first-order valence-electron chi connectivity index (χ1n) is 5.19. The van der Waals surface area contributed by atoms with Crippen molar-refractivity contribution >= 4 is 5.78 Å². The van der Waals surface area contributed by atoms with Crippen LogP contribution in [0.25, 0.3) is 0 Å². The van der Waals surface area contributed by atoms with Gasteiger partial charge in [0.2, 0.25) is 0 Å². The number of rotatable bonds is 2. The van der Waals surface area contributed by atoms with Gasteiger partial charge in [0.15, 0.2) is 5.78 Å². The number of fused-ring (bicyclic) bond motifs is 1. The summed E-state index contributed by atoms with van der Waals surface area (Å²) < 4.78 is 0. The van der Waals surface area contributed by atoms with Crippen LogP contribution in [0.1, 0.15) is 16.8 Å². The molecule has 3 aliphatic rings. The molecule has 2 aliphatic heterocycles. The quantitative estimate of drug-likeness (QED) is 0.710. The summed E-state index contributed by atoms with van der Waals surface area (Å²) in [5.41, 5.74) is 0.871. The largest absolute Gasteiger partial charge is 0.313 e. The van der Waals surface area contributed by atoms with E-state index >= 15 is 0 Å². The normalized spacial score (nSPS) is 33.9. The van der Waals surface area contributed by atoms with Crippen molar-refractivity contribution in [1.82, 2.24) is 5.32 Å². The predicted octanol–water partition coefficient (Wildman–Crippen LogP) is 1.48. The van der Waals surface area contributed by atoms with E-state index in [9.17, 15) is 4.79 Å². The van der Waals surface area contributed by atoms with E-state index in [1.54, 1.807) is 0 Å². The van der Waals surface area contributed by atoms with Gasteiger partial charge in [0.05, 0.1) is 0 Å². The van der Waals surface area contributed by atoms with Crippen molar-refractivity contribution in [3.8, 4) is 0 Å². The number of hydrogen-bond donors (Lipinski definition) is 1. The van der Waals surface area contributed by atoms with Crippen LogP contribution < -0.4 is 5.32 Å². The highest BCUT2D eigenvalue weighted by Crippen LogP contribution is 2.41. The van der Waals surface area contributed by atoms with Crippen LogP contribution in [-0.4, -0.2) is 18.4 Å². The lowest BCUT2D eigenvalue weighted by molar-refractivity contribution is 0.0784. The maximum Gasteiger partial charge on any atom is 0.167 e. The maximum absolute atomic E-state index is 12.0. The average Bonchev–Trinajstić information content (AvgIpc) is 2.81. The summed E-state index contributed by atoms with van der Waals surface area (Å²) >= 11 is 0. The third-order valence-corrected chi connectivity index (χ3v) is 3.50. The molecule has 72 valence electrons. The predicted molar refractivity (Wildman–Crippen MR) is 54.2 cm³/mol. The molecule has 3 atom stereocenters. The molecule has 1 aromatic carbocycles. The fourth-order valence-electron chi connectivity index (χ4n) is 2.67. The zero-order chi connectivity index (χ0) is 9.54. The molecule has 4 rings (SSSR count). The van der Waals surface area contributed by atoms with Crippen molar-refractivity contribution in [2.24, 2.45) is 11.8 Å². The average molecular weight is 187 g/mol. The number of ketones is 1. The minimum Gasteiger partial charge on any atom is -0.313 e. The summed E-state index contributed by atoms with van der Waals surface area (Å²) in [5.74, 6) is 1.20. The number of nitrogens with one attached hydrogen (secondary N) is 1. The molecule has 0 aromatic heterocycles. The van der Waals surface area contributed by atoms with E-state index in [-0.39, 0.29) is 5.92 Å². The number of benzene rings is 1. The number of carbonyl (C=O) groups is 1. The summed E-state index contributed by atoms with van der Waals surface area (Å²) in [6.07, 6.45) is 1.20. The highest BCUT2D eigenvalue weighted by Gasteiger charge is 2.50. The van der Waals surface area contributed by atoms with Gasteiger partial charge in [-0.1, -0.05) is 30.3 Å².